The standard InChI is InChI=1S/C41H43N7/c1-28-25-45-35-16-8-5-13-32(35)40-19-20-42-21-23-43(28)37(45)18-10-12-31-11-4-7-15-34(31)46-27-30(3)48(40)39(46)41(40)33-14-6-9-17-36(33)47-26-29(2)44(24-22-42)38(41)47/h4-11,13-18,25-27,37-39H,12,19-24H2,1-3H3/b18-10-. The van der Waals surface area contributed by atoms with Crippen LogP contribution in [0.15, 0.2) is 121 Å². The fourth-order valence-electron chi connectivity index (χ4n) is 11.4. The number of para-hydroxylation sites is 3. The maximum atomic E-state index is 2.88. The summed E-state index contributed by atoms with van der Waals surface area (Å²) in [5.41, 5.74) is 11.9. The molecule has 2 spiro atoms. The number of hydrogen-bond acceptors (Lipinski definition) is 7. The molecule has 9 heterocycles. The van der Waals surface area contributed by atoms with Crippen molar-refractivity contribution in [2.45, 2.75) is 63.1 Å². The molecule has 242 valence electrons. The van der Waals surface area contributed by atoms with Gasteiger partial charge in [0.15, 0.2) is 0 Å². The zero-order valence-electron chi connectivity index (χ0n) is 28.1. The van der Waals surface area contributed by atoms with Gasteiger partial charge < -0.3 is 29.4 Å². The Kier molecular flexibility index (Phi) is 5.29. The summed E-state index contributed by atoms with van der Waals surface area (Å²) in [6, 6.07) is 28.1. The van der Waals surface area contributed by atoms with E-state index < -0.39 is 0 Å². The van der Waals surface area contributed by atoms with Gasteiger partial charge in [-0.1, -0.05) is 60.7 Å². The molecular weight excluding hydrogens is 591 g/mol. The molecular formula is C41H43N7. The summed E-state index contributed by atoms with van der Waals surface area (Å²) in [5, 5.41) is 0. The van der Waals surface area contributed by atoms with Gasteiger partial charge in [-0.25, -0.2) is 0 Å². The quantitative estimate of drug-likeness (QED) is 0.268. The van der Waals surface area contributed by atoms with E-state index in [-0.39, 0.29) is 29.5 Å². The van der Waals surface area contributed by atoms with Gasteiger partial charge in [0.2, 0.25) is 0 Å². The van der Waals surface area contributed by atoms with Crippen LogP contribution >= 0.6 is 0 Å². The smallest absolute Gasteiger partial charge is 0.125 e. The second kappa shape index (κ2) is 9.29. The minimum absolute atomic E-state index is 0.134. The van der Waals surface area contributed by atoms with Crippen molar-refractivity contribution in [1.29, 1.82) is 0 Å². The third kappa shape index (κ3) is 3.02. The Hall–Kier alpha value is -4.62. The third-order valence-electron chi connectivity index (χ3n) is 13.1. The second-order valence-corrected chi connectivity index (χ2v) is 15.1. The van der Waals surface area contributed by atoms with Gasteiger partial charge in [0.25, 0.3) is 0 Å². The Balaban J connectivity index is 1.31. The molecule has 2 fully saturated rings. The van der Waals surface area contributed by atoms with Crippen molar-refractivity contribution < 1.29 is 0 Å². The van der Waals surface area contributed by atoms with E-state index in [2.05, 4.69) is 159 Å². The van der Waals surface area contributed by atoms with Crippen LogP contribution in [0.3, 0.4) is 0 Å². The minimum atomic E-state index is -0.296. The van der Waals surface area contributed by atoms with Crippen molar-refractivity contribution in [2.24, 2.45) is 0 Å². The van der Waals surface area contributed by atoms with E-state index >= 15 is 0 Å². The number of hydrogen-bond donors (Lipinski definition) is 0. The lowest BCUT2D eigenvalue weighted by molar-refractivity contribution is -0.164. The Bertz CT molecular complexity index is 2010. The van der Waals surface area contributed by atoms with Crippen molar-refractivity contribution >= 4 is 17.1 Å². The van der Waals surface area contributed by atoms with E-state index in [1.165, 1.54) is 50.8 Å². The third-order valence-corrected chi connectivity index (χ3v) is 13.1. The SMILES string of the molecule is CC1=CN2c3ccccc3C34CCN5CCN1C2/C=C\Cc1ccccc1N1C=C(C)N3C1C41c2ccccc2N2C=C(C)N(CC5)C21. The molecule has 12 rings (SSSR count). The van der Waals surface area contributed by atoms with Crippen molar-refractivity contribution in [3.63, 3.8) is 0 Å². The average molecular weight is 634 g/mol. The van der Waals surface area contributed by atoms with Crippen LogP contribution in [-0.4, -0.2) is 70.8 Å². The molecule has 0 aromatic heterocycles. The molecule has 8 bridgehead atoms. The van der Waals surface area contributed by atoms with Crippen LogP contribution in [0.5, 0.6) is 0 Å². The molecule has 7 heteroatoms. The number of fused-ring (bicyclic) bond motifs is 5. The van der Waals surface area contributed by atoms with Crippen molar-refractivity contribution in [3.8, 4) is 0 Å². The molecule has 48 heavy (non-hydrogen) atoms. The predicted molar refractivity (Wildman–Crippen MR) is 192 cm³/mol. The zero-order chi connectivity index (χ0) is 31.9. The van der Waals surface area contributed by atoms with E-state index in [0.29, 0.717) is 0 Å². The van der Waals surface area contributed by atoms with Crippen molar-refractivity contribution in [1.82, 2.24) is 19.6 Å². The van der Waals surface area contributed by atoms with E-state index in [1.807, 2.05) is 0 Å². The molecule has 9 aliphatic rings. The van der Waals surface area contributed by atoms with Crippen molar-refractivity contribution in [3.05, 3.63) is 137 Å². The van der Waals surface area contributed by atoms with E-state index in [9.17, 15) is 0 Å². The van der Waals surface area contributed by atoms with Gasteiger partial charge in [-0.15, -0.1) is 0 Å². The summed E-state index contributed by atoms with van der Waals surface area (Å²) >= 11 is 0. The molecule has 9 aliphatic heterocycles. The summed E-state index contributed by atoms with van der Waals surface area (Å²) in [5.74, 6) is 0. The van der Waals surface area contributed by atoms with Crippen molar-refractivity contribution in [2.75, 3.05) is 47.4 Å². The molecule has 2 saturated heterocycles. The highest BCUT2D eigenvalue weighted by atomic mass is 15.6. The Labute approximate surface area is 283 Å². The first kappa shape index (κ1) is 27.3. The summed E-state index contributed by atoms with van der Waals surface area (Å²) in [7, 11) is 0. The van der Waals surface area contributed by atoms with Gasteiger partial charge in [0.05, 0.1) is 5.54 Å². The van der Waals surface area contributed by atoms with Crippen LogP contribution in [0.2, 0.25) is 0 Å². The van der Waals surface area contributed by atoms with Gasteiger partial charge in [0.1, 0.15) is 23.9 Å². The molecule has 3 aromatic rings. The van der Waals surface area contributed by atoms with E-state index in [1.54, 1.807) is 0 Å². The largest absolute Gasteiger partial charge is 0.351 e. The minimum Gasteiger partial charge on any atom is -0.351 e. The van der Waals surface area contributed by atoms with Crippen LogP contribution < -0.4 is 14.7 Å². The summed E-state index contributed by atoms with van der Waals surface area (Å²) < 4.78 is 0. The molecule has 0 amide bonds. The molecule has 0 radical (unpaired) electrons. The summed E-state index contributed by atoms with van der Waals surface area (Å²) in [4.78, 5) is 19.1. The fourth-order valence-corrected chi connectivity index (χ4v) is 11.4. The van der Waals surface area contributed by atoms with Crippen LogP contribution in [0.4, 0.5) is 17.1 Å². The first-order valence-corrected chi connectivity index (χ1v) is 17.9. The highest BCUT2D eigenvalue weighted by molar-refractivity contribution is 5.78. The summed E-state index contributed by atoms with van der Waals surface area (Å²) in [6.45, 7) is 12.2. The second-order valence-electron chi connectivity index (χ2n) is 15.1. The molecule has 0 saturated carbocycles. The Morgan fingerprint density at radius 1 is 0.583 bits per heavy atom. The van der Waals surface area contributed by atoms with Gasteiger partial charge in [-0.2, -0.15) is 0 Å². The molecule has 0 N–H and O–H groups in total. The number of anilines is 3. The first-order valence-electron chi connectivity index (χ1n) is 17.9. The number of nitrogens with zero attached hydrogens (tertiary/aromatic N) is 7. The highest BCUT2D eigenvalue weighted by Crippen LogP contribution is 2.74. The zero-order valence-corrected chi connectivity index (χ0v) is 28.1. The Morgan fingerprint density at radius 3 is 2.04 bits per heavy atom. The van der Waals surface area contributed by atoms with Gasteiger partial charge in [-0.3, -0.25) is 4.90 Å². The molecule has 6 atom stereocenters. The first-order chi connectivity index (χ1) is 23.5. The summed E-state index contributed by atoms with van der Waals surface area (Å²) in [6.07, 6.45) is 14.7. The van der Waals surface area contributed by atoms with Crippen LogP contribution in [0.1, 0.15) is 43.9 Å². The number of benzene rings is 3. The van der Waals surface area contributed by atoms with Gasteiger partial charge in [-0.05, 0) is 69.0 Å². The lowest BCUT2D eigenvalue weighted by atomic mass is 9.50. The molecule has 3 aromatic carbocycles. The predicted octanol–water partition coefficient (Wildman–Crippen LogP) is 6.31. The highest BCUT2D eigenvalue weighted by Gasteiger charge is 2.82. The van der Waals surface area contributed by atoms with Gasteiger partial charge in [0, 0.05) is 91.0 Å². The normalized spacial score (nSPS) is 34.0. The lowest BCUT2D eigenvalue weighted by Gasteiger charge is -2.73. The molecule has 6 unspecified atom stereocenters. The Morgan fingerprint density at radius 2 is 1.21 bits per heavy atom. The van der Waals surface area contributed by atoms with E-state index in [4.69, 9.17) is 0 Å². The van der Waals surface area contributed by atoms with Crippen LogP contribution in [-0.2, 0) is 17.4 Å². The number of allylic oxidation sites excluding steroid dienone is 4. The van der Waals surface area contributed by atoms with Crippen LogP contribution in [0.25, 0.3) is 0 Å². The topological polar surface area (TPSA) is 22.7 Å². The maximum Gasteiger partial charge on any atom is 0.125 e. The number of rotatable bonds is 0. The van der Waals surface area contributed by atoms with Crippen LogP contribution in [0, 0.1) is 0 Å². The van der Waals surface area contributed by atoms with Gasteiger partial charge >= 0.3 is 0 Å². The molecule has 0 aliphatic carbocycles. The average Bonchev–Trinajstić information content (AvgIpc) is 3.79. The maximum absolute atomic E-state index is 2.88. The monoisotopic (exact) mass is 633 g/mol. The van der Waals surface area contributed by atoms with E-state index in [0.717, 1.165) is 45.6 Å². The lowest BCUT2D eigenvalue weighted by Crippen LogP contribution is -2.85. The molecule has 7 nitrogen and oxygen atoms in total. The fraction of sp³-hybridized carbons (Fsp3) is 0.366.